The van der Waals surface area contributed by atoms with Gasteiger partial charge in [0.05, 0.1) is 12.7 Å². The Hall–Kier alpha value is -0.240. The van der Waals surface area contributed by atoms with Crippen molar-refractivity contribution in [3.8, 4) is 0 Å². The number of hydrogen-bond donors (Lipinski definition) is 1. The van der Waals surface area contributed by atoms with Gasteiger partial charge in [-0.3, -0.25) is 0 Å². The van der Waals surface area contributed by atoms with Gasteiger partial charge >= 0.3 is 0 Å². The number of ether oxygens (including phenoxy) is 2. The summed E-state index contributed by atoms with van der Waals surface area (Å²) in [6.07, 6.45) is 7.19. The van der Waals surface area contributed by atoms with Crippen LogP contribution in [0.3, 0.4) is 0 Å². The fraction of sp³-hybridized carbons (Fsp3) is 1.00. The fourth-order valence-electron chi connectivity index (χ4n) is 3.49. The Morgan fingerprint density at radius 3 is 1.77 bits per heavy atom. The molecule has 3 rings (SSSR count). The van der Waals surface area contributed by atoms with Gasteiger partial charge in [0.1, 0.15) is 0 Å². The van der Waals surface area contributed by atoms with Crippen molar-refractivity contribution in [2.24, 2.45) is 0 Å². The summed E-state index contributed by atoms with van der Waals surface area (Å²) in [5.74, 6) is 0. The van der Waals surface area contributed by atoms with Gasteiger partial charge in [-0.25, -0.2) is 0 Å². The molecule has 3 saturated heterocycles. The maximum absolute atomic E-state index is 5.22. The van der Waals surface area contributed by atoms with Crippen LogP contribution in [0.4, 0.5) is 0 Å². The Bertz CT molecular complexity index is 310. The molecular weight excluding hydrogens is 376 g/mol. The molecule has 1 atom stereocenters. The van der Waals surface area contributed by atoms with Crippen LogP contribution in [0.25, 0.3) is 0 Å². The van der Waals surface area contributed by atoms with E-state index in [0.29, 0.717) is 6.10 Å². The first-order chi connectivity index (χ1) is 14.7. The Balaban J connectivity index is 0. The highest BCUT2D eigenvalue weighted by Crippen LogP contribution is 2.09. The third-order valence-corrected chi connectivity index (χ3v) is 5.32. The van der Waals surface area contributed by atoms with Crippen molar-refractivity contribution in [3.05, 3.63) is 0 Å². The molecule has 3 aliphatic rings. The minimum Gasteiger partial charge on any atom is -0.383 e. The third kappa shape index (κ3) is 19.7. The molecule has 1 N–H and O–H groups in total. The lowest BCUT2D eigenvalue weighted by atomic mass is 10.1. The van der Waals surface area contributed by atoms with Crippen LogP contribution in [0.5, 0.6) is 0 Å². The van der Waals surface area contributed by atoms with E-state index in [0.717, 1.165) is 32.8 Å². The maximum atomic E-state index is 5.22. The van der Waals surface area contributed by atoms with E-state index in [4.69, 9.17) is 9.47 Å². The summed E-state index contributed by atoms with van der Waals surface area (Å²) in [4.78, 5) is 7.13. The van der Waals surface area contributed by atoms with E-state index in [1.807, 2.05) is 27.7 Å². The van der Waals surface area contributed by atoms with Gasteiger partial charge in [0.25, 0.3) is 0 Å². The molecule has 0 amide bonds. The number of nitrogens with zero attached hydrogens (tertiary/aromatic N) is 3. The Labute approximate surface area is 189 Å². The zero-order chi connectivity index (χ0) is 23.0. The predicted molar refractivity (Wildman–Crippen MR) is 133 cm³/mol. The molecule has 0 aromatic heterocycles. The van der Waals surface area contributed by atoms with Gasteiger partial charge in [-0.2, -0.15) is 0 Å². The van der Waals surface area contributed by atoms with Crippen LogP contribution in [0.2, 0.25) is 0 Å². The third-order valence-electron chi connectivity index (χ3n) is 5.32. The Morgan fingerprint density at radius 1 is 0.767 bits per heavy atom. The highest BCUT2D eigenvalue weighted by Gasteiger charge is 2.15. The van der Waals surface area contributed by atoms with Crippen LogP contribution in [0.15, 0.2) is 0 Å². The van der Waals surface area contributed by atoms with E-state index in [2.05, 4.69) is 34.1 Å². The molecule has 0 aromatic rings. The van der Waals surface area contributed by atoms with Crippen LogP contribution in [0, 0.1) is 0 Å². The van der Waals surface area contributed by atoms with E-state index in [1.54, 1.807) is 14.2 Å². The van der Waals surface area contributed by atoms with Crippen molar-refractivity contribution in [2.75, 3.05) is 93.8 Å². The molecule has 1 unspecified atom stereocenters. The van der Waals surface area contributed by atoms with Gasteiger partial charge in [-0.05, 0) is 59.4 Å². The second-order valence-electron chi connectivity index (χ2n) is 7.71. The first kappa shape index (κ1) is 31.9. The van der Waals surface area contributed by atoms with Crippen molar-refractivity contribution in [1.82, 2.24) is 20.0 Å². The van der Waals surface area contributed by atoms with Gasteiger partial charge < -0.3 is 29.5 Å². The molecular formula is C24H56N4O2. The highest BCUT2D eigenvalue weighted by atomic mass is 16.5. The smallest absolute Gasteiger partial charge is 0.0698 e. The number of piperidine rings is 2. The standard InChI is InChI=1S/C8H17NO.C7H15NO.C5H12N2.2C2H6/c1-10-8-7-9-5-3-2-4-6-9;1-8-5-3-4-7(6-8)9-2;1-7-4-2-6-3-5-7;2*1-2/h2-8H2,1H3;7H,3-6H2,1-2H3;6H,2-5H2,1H3;2*1-2H3. The van der Waals surface area contributed by atoms with Crippen LogP contribution >= 0.6 is 0 Å². The number of piperazine rings is 1. The Kier molecular flexibility index (Phi) is 26.6. The van der Waals surface area contributed by atoms with E-state index < -0.39 is 0 Å². The molecule has 0 aliphatic carbocycles. The first-order valence-electron chi connectivity index (χ1n) is 12.5. The number of hydrogen-bond acceptors (Lipinski definition) is 6. The molecule has 3 heterocycles. The number of nitrogens with one attached hydrogen (secondary N) is 1. The Morgan fingerprint density at radius 2 is 1.37 bits per heavy atom. The second kappa shape index (κ2) is 25.0. The summed E-state index contributed by atoms with van der Waals surface area (Å²) in [5.41, 5.74) is 0. The SMILES string of the molecule is CC.CC.CN1CCNCC1.COC1CCCN(C)C1.COCCN1CCCCC1. The molecule has 0 bridgehead atoms. The normalized spacial score (nSPS) is 22.6. The van der Waals surface area contributed by atoms with Gasteiger partial charge in [0.2, 0.25) is 0 Å². The minimum absolute atomic E-state index is 0.490. The summed E-state index contributed by atoms with van der Waals surface area (Å²) >= 11 is 0. The predicted octanol–water partition coefficient (Wildman–Crippen LogP) is 3.42. The van der Waals surface area contributed by atoms with Crippen LogP contribution in [-0.2, 0) is 9.47 Å². The molecule has 0 radical (unpaired) electrons. The van der Waals surface area contributed by atoms with E-state index in [-0.39, 0.29) is 0 Å². The van der Waals surface area contributed by atoms with Crippen molar-refractivity contribution < 1.29 is 9.47 Å². The number of methoxy groups -OCH3 is 2. The molecule has 6 nitrogen and oxygen atoms in total. The average Bonchev–Trinajstić information content (AvgIpc) is 2.82. The number of likely N-dealkylation sites (tertiary alicyclic amines) is 2. The summed E-state index contributed by atoms with van der Waals surface area (Å²) in [6, 6.07) is 0. The van der Waals surface area contributed by atoms with E-state index in [1.165, 1.54) is 64.8 Å². The summed E-state index contributed by atoms with van der Waals surface area (Å²) in [6.45, 7) is 19.7. The van der Waals surface area contributed by atoms with Crippen molar-refractivity contribution in [2.45, 2.75) is 65.9 Å². The lowest BCUT2D eigenvalue weighted by Gasteiger charge is -2.28. The van der Waals surface area contributed by atoms with Gasteiger partial charge in [-0.15, -0.1) is 0 Å². The number of rotatable bonds is 4. The van der Waals surface area contributed by atoms with Gasteiger partial charge in [0, 0.05) is 53.5 Å². The molecule has 3 aliphatic heterocycles. The van der Waals surface area contributed by atoms with Crippen molar-refractivity contribution in [3.63, 3.8) is 0 Å². The van der Waals surface area contributed by atoms with E-state index >= 15 is 0 Å². The van der Waals surface area contributed by atoms with Gasteiger partial charge in [-0.1, -0.05) is 34.1 Å². The quantitative estimate of drug-likeness (QED) is 0.734. The minimum atomic E-state index is 0.490. The van der Waals surface area contributed by atoms with Crippen molar-refractivity contribution in [1.29, 1.82) is 0 Å². The molecule has 30 heavy (non-hydrogen) atoms. The zero-order valence-corrected chi connectivity index (χ0v) is 21.8. The molecule has 0 spiro atoms. The highest BCUT2D eigenvalue weighted by molar-refractivity contribution is 4.69. The lowest BCUT2D eigenvalue weighted by Crippen LogP contribution is -2.40. The average molecular weight is 433 g/mol. The maximum Gasteiger partial charge on any atom is 0.0698 e. The summed E-state index contributed by atoms with van der Waals surface area (Å²) in [5, 5.41) is 3.27. The summed E-state index contributed by atoms with van der Waals surface area (Å²) in [7, 11) is 7.86. The lowest BCUT2D eigenvalue weighted by molar-refractivity contribution is 0.0408. The van der Waals surface area contributed by atoms with Crippen LogP contribution in [0.1, 0.15) is 59.8 Å². The zero-order valence-electron chi connectivity index (χ0n) is 21.8. The largest absolute Gasteiger partial charge is 0.383 e. The molecule has 0 aromatic carbocycles. The van der Waals surface area contributed by atoms with Crippen LogP contribution in [-0.4, -0.2) is 115 Å². The number of likely N-dealkylation sites (N-methyl/N-ethyl adjacent to an activating group) is 2. The summed E-state index contributed by atoms with van der Waals surface area (Å²) < 4.78 is 10.2. The topological polar surface area (TPSA) is 40.2 Å². The molecule has 3 fully saturated rings. The van der Waals surface area contributed by atoms with E-state index in [9.17, 15) is 0 Å². The monoisotopic (exact) mass is 432 g/mol. The van der Waals surface area contributed by atoms with Crippen LogP contribution < -0.4 is 5.32 Å². The molecule has 184 valence electrons. The second-order valence-corrected chi connectivity index (χ2v) is 7.71. The fourth-order valence-corrected chi connectivity index (χ4v) is 3.49. The molecule has 6 heteroatoms. The molecule has 0 saturated carbocycles. The van der Waals surface area contributed by atoms with Crippen molar-refractivity contribution >= 4 is 0 Å². The van der Waals surface area contributed by atoms with Gasteiger partial charge in [0.15, 0.2) is 0 Å². The first-order valence-corrected chi connectivity index (χ1v) is 12.5.